The summed E-state index contributed by atoms with van der Waals surface area (Å²) in [5, 5.41) is 15.9. The van der Waals surface area contributed by atoms with Crippen molar-refractivity contribution in [2.24, 2.45) is 0 Å². The number of fused-ring (bicyclic) bond motifs is 2. The highest BCUT2D eigenvalue weighted by molar-refractivity contribution is 6.06. The van der Waals surface area contributed by atoms with Crippen molar-refractivity contribution in [3.8, 4) is 34.1 Å². The van der Waals surface area contributed by atoms with Crippen LogP contribution in [0.4, 0.5) is 0 Å². The maximum atomic E-state index is 10.7. The Morgan fingerprint density at radius 1 is 0.967 bits per heavy atom. The molecule has 1 heterocycles. The zero-order valence-electron chi connectivity index (χ0n) is 18.4. The van der Waals surface area contributed by atoms with Crippen molar-refractivity contribution < 1.29 is 19.3 Å². The minimum absolute atomic E-state index is 0.154. The molecule has 0 aliphatic carbocycles. The Bertz CT molecular complexity index is 1120. The lowest BCUT2D eigenvalue weighted by Crippen LogP contribution is -2.36. The van der Waals surface area contributed by atoms with Gasteiger partial charge in [-0.25, -0.2) is 0 Å². The summed E-state index contributed by atoms with van der Waals surface area (Å²) < 4.78 is 17.4. The predicted octanol–water partition coefficient (Wildman–Crippen LogP) is 5.14. The van der Waals surface area contributed by atoms with Crippen LogP contribution < -0.4 is 19.5 Å². The van der Waals surface area contributed by atoms with E-state index in [-0.39, 0.29) is 11.8 Å². The molecule has 158 valence electrons. The minimum Gasteiger partial charge on any atom is -0.507 e. The third-order valence-electron chi connectivity index (χ3n) is 6.06. The van der Waals surface area contributed by atoms with Crippen LogP contribution in [0.2, 0.25) is 0 Å². The molecule has 0 unspecified atom stereocenters. The average Bonchev–Trinajstić information content (AvgIpc) is 2.72. The molecule has 0 bridgehead atoms. The Morgan fingerprint density at radius 3 is 2.37 bits per heavy atom. The highest BCUT2D eigenvalue weighted by atomic mass is 16.5. The highest BCUT2D eigenvalue weighted by Crippen LogP contribution is 2.51. The normalized spacial score (nSPS) is 18.2. The first-order valence-electron chi connectivity index (χ1n) is 10.2. The van der Waals surface area contributed by atoms with Crippen LogP contribution in [0.15, 0.2) is 30.3 Å². The van der Waals surface area contributed by atoms with Gasteiger partial charge in [0, 0.05) is 23.2 Å². The molecule has 0 aromatic heterocycles. The smallest absolute Gasteiger partial charge is 0.135 e. The molecular formula is C25H29NO4. The van der Waals surface area contributed by atoms with Crippen molar-refractivity contribution in [2.75, 3.05) is 21.3 Å². The number of ether oxygens (including phenoxy) is 3. The molecule has 0 spiro atoms. The third-order valence-corrected chi connectivity index (χ3v) is 6.06. The Morgan fingerprint density at radius 2 is 1.70 bits per heavy atom. The first-order chi connectivity index (χ1) is 14.4. The van der Waals surface area contributed by atoms with Crippen molar-refractivity contribution in [1.82, 2.24) is 5.32 Å². The highest BCUT2D eigenvalue weighted by Gasteiger charge is 2.30. The summed E-state index contributed by atoms with van der Waals surface area (Å²) in [6.45, 7) is 6.35. The zero-order chi connectivity index (χ0) is 21.6. The van der Waals surface area contributed by atoms with E-state index < -0.39 is 0 Å². The number of nitrogens with one attached hydrogen (secondary N) is 1. The first kappa shape index (κ1) is 20.4. The van der Waals surface area contributed by atoms with Gasteiger partial charge in [-0.05, 0) is 61.9 Å². The van der Waals surface area contributed by atoms with Gasteiger partial charge >= 0.3 is 0 Å². The van der Waals surface area contributed by atoms with Gasteiger partial charge in [0.05, 0.1) is 32.3 Å². The van der Waals surface area contributed by atoms with E-state index in [1.807, 2.05) is 25.1 Å². The fourth-order valence-corrected chi connectivity index (χ4v) is 4.92. The van der Waals surface area contributed by atoms with Crippen molar-refractivity contribution >= 4 is 10.8 Å². The van der Waals surface area contributed by atoms with E-state index in [0.29, 0.717) is 17.2 Å². The summed E-state index contributed by atoms with van der Waals surface area (Å²) in [7, 11) is 5.02. The number of rotatable bonds is 4. The Hall–Kier alpha value is -2.92. The summed E-state index contributed by atoms with van der Waals surface area (Å²) in [4.78, 5) is 0. The molecule has 0 amide bonds. The van der Waals surface area contributed by atoms with Gasteiger partial charge in [-0.15, -0.1) is 0 Å². The summed E-state index contributed by atoms with van der Waals surface area (Å²) in [6.07, 6.45) is 0.913. The molecule has 0 saturated carbocycles. The quantitative estimate of drug-likeness (QED) is 0.627. The standard InChI is InChI=1S/C25H29NO4/c1-13-10-18(27)23-17(8-7-9-19(23)28-4)21(13)24-20(29-5)12-16-11-14(2)26-15(3)22(16)25(24)30-6/h7-10,12,14-15,26-27H,11H2,1-6H3/t14-,15-/m0/s1. The zero-order valence-corrected chi connectivity index (χ0v) is 18.4. The molecule has 0 fully saturated rings. The summed E-state index contributed by atoms with van der Waals surface area (Å²) in [5.74, 6) is 2.41. The van der Waals surface area contributed by atoms with E-state index in [1.165, 1.54) is 5.56 Å². The number of phenols is 1. The van der Waals surface area contributed by atoms with Gasteiger partial charge in [0.2, 0.25) is 0 Å². The molecule has 30 heavy (non-hydrogen) atoms. The second kappa shape index (κ2) is 7.73. The number of benzene rings is 3. The van der Waals surface area contributed by atoms with E-state index in [9.17, 15) is 5.11 Å². The molecule has 1 aliphatic heterocycles. The van der Waals surface area contributed by atoms with Crippen molar-refractivity contribution in [3.05, 3.63) is 47.0 Å². The number of methoxy groups -OCH3 is 3. The van der Waals surface area contributed by atoms with Crippen LogP contribution in [0.1, 0.15) is 36.6 Å². The average molecular weight is 408 g/mol. The van der Waals surface area contributed by atoms with Crippen LogP contribution in [-0.2, 0) is 6.42 Å². The second-order valence-electron chi connectivity index (χ2n) is 8.02. The van der Waals surface area contributed by atoms with E-state index in [4.69, 9.17) is 14.2 Å². The van der Waals surface area contributed by atoms with Crippen LogP contribution in [-0.4, -0.2) is 32.5 Å². The van der Waals surface area contributed by atoms with Crippen LogP contribution in [0.25, 0.3) is 21.9 Å². The molecule has 5 nitrogen and oxygen atoms in total. The molecular weight excluding hydrogens is 378 g/mol. The van der Waals surface area contributed by atoms with Gasteiger partial charge in [-0.3, -0.25) is 0 Å². The summed E-state index contributed by atoms with van der Waals surface area (Å²) >= 11 is 0. The number of hydrogen-bond acceptors (Lipinski definition) is 5. The van der Waals surface area contributed by atoms with Crippen molar-refractivity contribution in [3.63, 3.8) is 0 Å². The lowest BCUT2D eigenvalue weighted by atomic mass is 9.84. The molecule has 4 rings (SSSR count). The first-order valence-corrected chi connectivity index (χ1v) is 10.2. The molecule has 5 heteroatoms. The van der Waals surface area contributed by atoms with Gasteiger partial charge in [-0.1, -0.05) is 12.1 Å². The molecule has 2 atom stereocenters. The Kier molecular flexibility index (Phi) is 5.24. The Labute approximate surface area is 177 Å². The lowest BCUT2D eigenvalue weighted by Gasteiger charge is -2.32. The maximum absolute atomic E-state index is 10.7. The molecule has 1 aliphatic rings. The molecule has 3 aromatic rings. The van der Waals surface area contributed by atoms with Crippen molar-refractivity contribution in [1.29, 1.82) is 0 Å². The maximum Gasteiger partial charge on any atom is 0.135 e. The number of hydrogen-bond donors (Lipinski definition) is 2. The van der Waals surface area contributed by atoms with Crippen LogP contribution >= 0.6 is 0 Å². The van der Waals surface area contributed by atoms with Crippen LogP contribution in [0, 0.1) is 6.92 Å². The number of aromatic hydroxyl groups is 1. The largest absolute Gasteiger partial charge is 0.507 e. The van der Waals surface area contributed by atoms with Gasteiger partial charge < -0.3 is 24.6 Å². The SMILES string of the molecule is COc1cc2c(c(OC)c1-c1c(C)cc(O)c3c(OC)cccc13)[C@H](C)N[C@@H](C)C2. The molecule has 2 N–H and O–H groups in total. The third kappa shape index (κ3) is 3.05. The van der Waals surface area contributed by atoms with Crippen LogP contribution in [0.5, 0.6) is 23.0 Å². The van der Waals surface area contributed by atoms with Gasteiger partial charge in [0.25, 0.3) is 0 Å². The van der Waals surface area contributed by atoms with Gasteiger partial charge in [0.15, 0.2) is 0 Å². The molecule has 3 aromatic carbocycles. The Balaban J connectivity index is 2.14. The molecule has 0 saturated heterocycles. The summed E-state index contributed by atoms with van der Waals surface area (Å²) in [6, 6.07) is 10.3. The van der Waals surface area contributed by atoms with E-state index in [1.54, 1.807) is 27.4 Å². The number of phenolic OH excluding ortho intramolecular Hbond substituents is 1. The second-order valence-corrected chi connectivity index (χ2v) is 8.02. The number of aryl methyl sites for hydroxylation is 1. The summed E-state index contributed by atoms with van der Waals surface area (Å²) in [5.41, 5.74) is 5.22. The fraction of sp³-hybridized carbons (Fsp3) is 0.360. The van der Waals surface area contributed by atoms with Gasteiger partial charge in [-0.2, -0.15) is 0 Å². The van der Waals surface area contributed by atoms with Gasteiger partial charge in [0.1, 0.15) is 23.0 Å². The molecule has 0 radical (unpaired) electrons. The van der Waals surface area contributed by atoms with E-state index in [2.05, 4.69) is 25.2 Å². The predicted molar refractivity (Wildman–Crippen MR) is 120 cm³/mol. The fourth-order valence-electron chi connectivity index (χ4n) is 4.92. The van der Waals surface area contributed by atoms with Crippen molar-refractivity contribution in [2.45, 2.75) is 39.3 Å². The van der Waals surface area contributed by atoms with Crippen LogP contribution in [0.3, 0.4) is 0 Å². The topological polar surface area (TPSA) is 60.0 Å². The lowest BCUT2D eigenvalue weighted by molar-refractivity contribution is 0.372. The van der Waals surface area contributed by atoms with E-state index in [0.717, 1.165) is 45.6 Å². The minimum atomic E-state index is 0.154. The van der Waals surface area contributed by atoms with E-state index >= 15 is 0 Å². The monoisotopic (exact) mass is 407 g/mol.